The summed E-state index contributed by atoms with van der Waals surface area (Å²) in [5, 5.41) is 16.0. The summed E-state index contributed by atoms with van der Waals surface area (Å²) in [6.45, 7) is 6.20. The summed E-state index contributed by atoms with van der Waals surface area (Å²) >= 11 is 0. The number of benzene rings is 1. The van der Waals surface area contributed by atoms with E-state index in [1.54, 1.807) is 6.07 Å². The largest absolute Gasteiger partial charge is 0.508 e. The van der Waals surface area contributed by atoms with E-state index in [4.69, 9.17) is 0 Å². The molecule has 1 atom stereocenters. The normalized spacial score (nSPS) is 18.2. The molecule has 0 saturated carbocycles. The molecular weight excluding hydrogens is 240 g/mol. The van der Waals surface area contributed by atoms with Crippen molar-refractivity contribution >= 4 is 5.91 Å². The Balaban J connectivity index is 1.93. The number of nitrogens with one attached hydrogen (secondary N) is 2. The van der Waals surface area contributed by atoms with Gasteiger partial charge in [0.15, 0.2) is 0 Å². The molecule has 1 unspecified atom stereocenters. The number of carbonyl (C=O) groups excluding carboxylic acids is 1. The van der Waals surface area contributed by atoms with Crippen LogP contribution >= 0.6 is 0 Å². The molecule has 1 aromatic carbocycles. The number of aromatic hydroxyl groups is 1. The standard InChI is InChI=1S/C15H22N2O2/c1-15(2,3)17-14(19)9-16-12-8-7-11-10(12)5-4-6-13(11)18/h4-6,12,16,18H,7-9H2,1-3H3,(H,17,19). The Bertz CT molecular complexity index is 478. The lowest BCUT2D eigenvalue weighted by Gasteiger charge is -2.21. The van der Waals surface area contributed by atoms with Crippen LogP contribution in [0.2, 0.25) is 0 Å². The van der Waals surface area contributed by atoms with E-state index >= 15 is 0 Å². The van der Waals surface area contributed by atoms with E-state index in [-0.39, 0.29) is 17.5 Å². The molecule has 1 aliphatic carbocycles. The van der Waals surface area contributed by atoms with Crippen molar-refractivity contribution in [3.8, 4) is 5.75 Å². The monoisotopic (exact) mass is 262 g/mol. The highest BCUT2D eigenvalue weighted by Gasteiger charge is 2.25. The third kappa shape index (κ3) is 3.47. The van der Waals surface area contributed by atoms with Crippen LogP contribution in [0.25, 0.3) is 0 Å². The van der Waals surface area contributed by atoms with Gasteiger partial charge in [0, 0.05) is 11.6 Å². The van der Waals surface area contributed by atoms with Gasteiger partial charge in [-0.25, -0.2) is 0 Å². The maximum Gasteiger partial charge on any atom is 0.234 e. The number of carbonyl (C=O) groups is 1. The zero-order valence-corrected chi connectivity index (χ0v) is 11.8. The average molecular weight is 262 g/mol. The molecule has 1 aliphatic rings. The Hall–Kier alpha value is -1.55. The van der Waals surface area contributed by atoms with Crippen molar-refractivity contribution in [2.75, 3.05) is 6.54 Å². The van der Waals surface area contributed by atoms with Gasteiger partial charge in [-0.3, -0.25) is 4.79 Å². The molecule has 0 heterocycles. The van der Waals surface area contributed by atoms with Crippen LogP contribution < -0.4 is 10.6 Å². The van der Waals surface area contributed by atoms with Crippen LogP contribution in [0, 0.1) is 0 Å². The van der Waals surface area contributed by atoms with Crippen LogP contribution in [-0.4, -0.2) is 23.1 Å². The Labute approximate surface area is 114 Å². The number of rotatable bonds is 3. The van der Waals surface area contributed by atoms with E-state index < -0.39 is 0 Å². The molecule has 0 fully saturated rings. The zero-order valence-electron chi connectivity index (χ0n) is 11.8. The maximum absolute atomic E-state index is 11.8. The van der Waals surface area contributed by atoms with E-state index in [1.165, 1.54) is 0 Å². The Morgan fingerprint density at radius 3 is 2.84 bits per heavy atom. The number of phenolic OH excluding ortho intramolecular Hbond substituents is 1. The molecule has 104 valence electrons. The lowest BCUT2D eigenvalue weighted by atomic mass is 10.1. The molecule has 1 aromatic rings. The van der Waals surface area contributed by atoms with Crippen molar-refractivity contribution < 1.29 is 9.90 Å². The van der Waals surface area contributed by atoms with Crippen LogP contribution in [0.3, 0.4) is 0 Å². The average Bonchev–Trinajstić information content (AvgIpc) is 2.69. The molecule has 0 aromatic heterocycles. The second-order valence-electron chi connectivity index (χ2n) is 6.12. The van der Waals surface area contributed by atoms with E-state index in [9.17, 15) is 9.90 Å². The van der Waals surface area contributed by atoms with Gasteiger partial charge in [0.25, 0.3) is 0 Å². The molecule has 4 nitrogen and oxygen atoms in total. The highest BCUT2D eigenvalue weighted by atomic mass is 16.3. The van der Waals surface area contributed by atoms with Gasteiger partial charge in [-0.15, -0.1) is 0 Å². The first-order valence-electron chi connectivity index (χ1n) is 6.72. The highest BCUT2D eigenvalue weighted by Crippen LogP contribution is 2.35. The van der Waals surface area contributed by atoms with E-state index in [0.717, 1.165) is 24.0 Å². The summed E-state index contributed by atoms with van der Waals surface area (Å²) in [7, 11) is 0. The number of fused-ring (bicyclic) bond motifs is 1. The molecule has 0 bridgehead atoms. The summed E-state index contributed by atoms with van der Waals surface area (Å²) in [5.74, 6) is 0.363. The number of amides is 1. The summed E-state index contributed by atoms with van der Waals surface area (Å²) in [6, 6.07) is 5.74. The predicted molar refractivity (Wildman–Crippen MR) is 75.1 cm³/mol. The molecule has 3 N–H and O–H groups in total. The van der Waals surface area contributed by atoms with Crippen molar-refractivity contribution in [3.05, 3.63) is 29.3 Å². The summed E-state index contributed by atoms with van der Waals surface area (Å²) < 4.78 is 0. The molecule has 4 heteroatoms. The highest BCUT2D eigenvalue weighted by molar-refractivity contribution is 5.78. The van der Waals surface area contributed by atoms with Crippen molar-refractivity contribution in [2.24, 2.45) is 0 Å². The quantitative estimate of drug-likeness (QED) is 0.779. The van der Waals surface area contributed by atoms with Gasteiger partial charge in [-0.2, -0.15) is 0 Å². The second-order valence-corrected chi connectivity index (χ2v) is 6.12. The maximum atomic E-state index is 11.8. The Kier molecular flexibility index (Phi) is 3.80. The zero-order chi connectivity index (χ0) is 14.0. The van der Waals surface area contributed by atoms with Crippen molar-refractivity contribution in [2.45, 2.75) is 45.2 Å². The molecule has 0 aliphatic heterocycles. The minimum absolute atomic E-state index is 0.00102. The second kappa shape index (κ2) is 5.21. The van der Waals surface area contributed by atoms with Crippen molar-refractivity contribution in [1.29, 1.82) is 0 Å². The summed E-state index contributed by atoms with van der Waals surface area (Å²) in [5.41, 5.74) is 1.92. The van der Waals surface area contributed by atoms with E-state index in [2.05, 4.69) is 10.6 Å². The molecule has 2 rings (SSSR count). The van der Waals surface area contributed by atoms with Gasteiger partial charge in [0.2, 0.25) is 5.91 Å². The fraction of sp³-hybridized carbons (Fsp3) is 0.533. The van der Waals surface area contributed by atoms with Gasteiger partial charge in [-0.1, -0.05) is 12.1 Å². The number of hydrogen-bond acceptors (Lipinski definition) is 3. The van der Waals surface area contributed by atoms with Crippen LogP contribution in [0.5, 0.6) is 5.75 Å². The topological polar surface area (TPSA) is 61.4 Å². The van der Waals surface area contributed by atoms with Crippen LogP contribution in [0.4, 0.5) is 0 Å². The molecular formula is C15H22N2O2. The summed E-state index contributed by atoms with van der Waals surface area (Å²) in [6.07, 6.45) is 1.79. The third-order valence-corrected chi connectivity index (χ3v) is 3.27. The van der Waals surface area contributed by atoms with Crippen molar-refractivity contribution in [3.63, 3.8) is 0 Å². The molecule has 0 radical (unpaired) electrons. The van der Waals surface area contributed by atoms with E-state index in [1.807, 2.05) is 32.9 Å². The Morgan fingerprint density at radius 1 is 1.42 bits per heavy atom. The fourth-order valence-electron chi connectivity index (χ4n) is 2.53. The SMILES string of the molecule is CC(C)(C)NC(=O)CNC1CCc2c(O)cccc21. The van der Waals surface area contributed by atoms with Gasteiger partial charge in [0.1, 0.15) is 5.75 Å². The summed E-state index contributed by atoms with van der Waals surface area (Å²) in [4.78, 5) is 11.8. The minimum atomic E-state index is -0.204. The smallest absolute Gasteiger partial charge is 0.234 e. The lowest BCUT2D eigenvalue weighted by Crippen LogP contribution is -2.45. The first kappa shape index (κ1) is 13.9. The lowest BCUT2D eigenvalue weighted by molar-refractivity contribution is -0.121. The van der Waals surface area contributed by atoms with Gasteiger partial charge >= 0.3 is 0 Å². The first-order chi connectivity index (χ1) is 8.87. The van der Waals surface area contributed by atoms with Crippen LogP contribution in [-0.2, 0) is 11.2 Å². The van der Waals surface area contributed by atoms with Crippen LogP contribution in [0.1, 0.15) is 44.4 Å². The van der Waals surface area contributed by atoms with Gasteiger partial charge < -0.3 is 15.7 Å². The molecule has 0 saturated heterocycles. The van der Waals surface area contributed by atoms with Crippen molar-refractivity contribution in [1.82, 2.24) is 10.6 Å². The minimum Gasteiger partial charge on any atom is -0.508 e. The Morgan fingerprint density at radius 2 is 2.16 bits per heavy atom. The van der Waals surface area contributed by atoms with Crippen LogP contribution in [0.15, 0.2) is 18.2 Å². The fourth-order valence-corrected chi connectivity index (χ4v) is 2.53. The third-order valence-electron chi connectivity index (χ3n) is 3.27. The number of phenols is 1. The molecule has 19 heavy (non-hydrogen) atoms. The predicted octanol–water partition coefficient (Wildman–Crippen LogP) is 1.88. The van der Waals surface area contributed by atoms with Gasteiger partial charge in [0.05, 0.1) is 6.54 Å². The molecule has 1 amide bonds. The number of hydrogen-bond donors (Lipinski definition) is 3. The van der Waals surface area contributed by atoms with Gasteiger partial charge in [-0.05, 0) is 50.8 Å². The first-order valence-corrected chi connectivity index (χ1v) is 6.72. The van der Waals surface area contributed by atoms with E-state index in [0.29, 0.717) is 12.3 Å². The molecule has 0 spiro atoms.